The Morgan fingerprint density at radius 1 is 0.947 bits per heavy atom. The molecular formula is C31H41N5O2. The van der Waals surface area contributed by atoms with Gasteiger partial charge in [-0.25, -0.2) is 9.97 Å². The van der Waals surface area contributed by atoms with Crippen LogP contribution in [0.25, 0.3) is 0 Å². The fourth-order valence-corrected chi connectivity index (χ4v) is 4.82. The summed E-state index contributed by atoms with van der Waals surface area (Å²) >= 11 is 0. The topological polar surface area (TPSA) is 61.8 Å². The lowest BCUT2D eigenvalue weighted by Gasteiger charge is -2.28. The van der Waals surface area contributed by atoms with E-state index in [-0.39, 0.29) is 5.91 Å². The zero-order valence-electron chi connectivity index (χ0n) is 23.1. The van der Waals surface area contributed by atoms with Crippen molar-refractivity contribution in [3.63, 3.8) is 0 Å². The van der Waals surface area contributed by atoms with Gasteiger partial charge in [0.15, 0.2) is 0 Å². The third-order valence-corrected chi connectivity index (χ3v) is 6.69. The maximum atomic E-state index is 13.4. The molecule has 0 aliphatic carbocycles. The van der Waals surface area contributed by atoms with Crippen molar-refractivity contribution in [3.05, 3.63) is 78.1 Å². The minimum atomic E-state index is 0.184. The predicted molar refractivity (Wildman–Crippen MR) is 153 cm³/mol. The van der Waals surface area contributed by atoms with Crippen molar-refractivity contribution in [1.82, 2.24) is 14.9 Å². The third-order valence-electron chi connectivity index (χ3n) is 6.69. The normalized spacial score (nSPS) is 15.2. The van der Waals surface area contributed by atoms with Gasteiger partial charge < -0.3 is 14.5 Å². The minimum absolute atomic E-state index is 0.184. The standard InChI is InChI=1S/C31H41N5O2/c1-4-21-38-28-13-11-26(12-14-28)23-34-19-20-35(31-32-15-7-16-33-31)17-8-18-36(30(37)22-25(2)3)29-10-6-5-9-27(29)24-34/h5-7,9-16,25H,4,8,17-24H2,1-3H3. The summed E-state index contributed by atoms with van der Waals surface area (Å²) in [5, 5.41) is 0. The van der Waals surface area contributed by atoms with Gasteiger partial charge >= 0.3 is 0 Å². The smallest absolute Gasteiger partial charge is 0.227 e. The summed E-state index contributed by atoms with van der Waals surface area (Å²) in [4.78, 5) is 29.2. The maximum absolute atomic E-state index is 13.4. The highest BCUT2D eigenvalue weighted by Crippen LogP contribution is 2.26. The van der Waals surface area contributed by atoms with Gasteiger partial charge in [0.2, 0.25) is 11.9 Å². The molecule has 38 heavy (non-hydrogen) atoms. The maximum Gasteiger partial charge on any atom is 0.227 e. The summed E-state index contributed by atoms with van der Waals surface area (Å²) in [6.07, 6.45) is 5.96. The number of ether oxygens (including phenoxy) is 1. The fraction of sp³-hybridized carbons (Fsp3) is 0.452. The van der Waals surface area contributed by atoms with Crippen molar-refractivity contribution >= 4 is 17.5 Å². The Bertz CT molecular complexity index is 1140. The zero-order valence-corrected chi connectivity index (χ0v) is 23.1. The quantitative estimate of drug-likeness (QED) is 0.392. The van der Waals surface area contributed by atoms with Crippen molar-refractivity contribution in [2.45, 2.75) is 53.1 Å². The van der Waals surface area contributed by atoms with Crippen LogP contribution in [0, 0.1) is 5.92 Å². The number of aromatic nitrogens is 2. The average Bonchev–Trinajstić information content (AvgIpc) is 2.96. The molecule has 0 saturated heterocycles. The number of benzene rings is 2. The molecule has 3 aromatic rings. The van der Waals surface area contributed by atoms with Crippen LogP contribution in [0.4, 0.5) is 11.6 Å². The first-order valence-corrected chi connectivity index (χ1v) is 13.9. The van der Waals surface area contributed by atoms with E-state index >= 15 is 0 Å². The number of carbonyl (C=O) groups is 1. The number of fused-ring (bicyclic) bond motifs is 1. The van der Waals surface area contributed by atoms with E-state index in [2.05, 4.69) is 83.0 Å². The molecule has 0 atom stereocenters. The number of amides is 1. The lowest BCUT2D eigenvalue weighted by molar-refractivity contribution is -0.119. The molecule has 0 spiro atoms. The molecule has 0 saturated carbocycles. The Morgan fingerprint density at radius 2 is 1.71 bits per heavy atom. The molecule has 0 unspecified atom stereocenters. The van der Waals surface area contributed by atoms with E-state index in [1.165, 1.54) is 11.1 Å². The van der Waals surface area contributed by atoms with E-state index in [4.69, 9.17) is 4.74 Å². The van der Waals surface area contributed by atoms with Crippen molar-refractivity contribution in [2.24, 2.45) is 5.92 Å². The van der Waals surface area contributed by atoms with Gasteiger partial charge in [-0.05, 0) is 54.2 Å². The molecule has 7 heteroatoms. The fourth-order valence-electron chi connectivity index (χ4n) is 4.82. The highest BCUT2D eigenvalue weighted by atomic mass is 16.5. The van der Waals surface area contributed by atoms with Crippen molar-refractivity contribution in [2.75, 3.05) is 42.6 Å². The number of anilines is 2. The predicted octanol–water partition coefficient (Wildman–Crippen LogP) is 5.56. The molecule has 0 radical (unpaired) electrons. The second kappa shape index (κ2) is 13.9. The van der Waals surface area contributed by atoms with Crippen LogP contribution in [0.2, 0.25) is 0 Å². The Hall–Kier alpha value is -3.45. The van der Waals surface area contributed by atoms with Crippen LogP contribution in [0.15, 0.2) is 67.0 Å². The number of para-hydroxylation sites is 1. The van der Waals surface area contributed by atoms with E-state index in [0.29, 0.717) is 18.9 Å². The lowest BCUT2D eigenvalue weighted by atomic mass is 10.1. The molecule has 1 aliphatic rings. The molecule has 1 aromatic heterocycles. The van der Waals surface area contributed by atoms with Crippen LogP contribution in [0.3, 0.4) is 0 Å². The van der Waals surface area contributed by atoms with Gasteiger partial charge in [-0.1, -0.05) is 51.1 Å². The first kappa shape index (κ1) is 27.6. The first-order chi connectivity index (χ1) is 18.5. The second-order valence-corrected chi connectivity index (χ2v) is 10.4. The molecule has 2 heterocycles. The molecule has 202 valence electrons. The molecule has 7 nitrogen and oxygen atoms in total. The van der Waals surface area contributed by atoms with E-state index in [9.17, 15) is 4.79 Å². The highest BCUT2D eigenvalue weighted by molar-refractivity contribution is 5.94. The van der Waals surface area contributed by atoms with Gasteiger partial charge in [0.25, 0.3) is 0 Å². The van der Waals surface area contributed by atoms with Crippen molar-refractivity contribution < 1.29 is 9.53 Å². The highest BCUT2D eigenvalue weighted by Gasteiger charge is 2.23. The summed E-state index contributed by atoms with van der Waals surface area (Å²) in [5.41, 5.74) is 3.43. The molecular weight excluding hydrogens is 474 g/mol. The summed E-state index contributed by atoms with van der Waals surface area (Å²) in [6, 6.07) is 18.6. The SMILES string of the molecule is CCCOc1ccc(CN2CCN(c3ncccn3)CCCN(C(=O)CC(C)C)c3ccccc3C2)cc1. The van der Waals surface area contributed by atoms with Gasteiger partial charge in [-0.15, -0.1) is 0 Å². The summed E-state index contributed by atoms with van der Waals surface area (Å²) < 4.78 is 5.78. The van der Waals surface area contributed by atoms with E-state index in [0.717, 1.165) is 69.6 Å². The van der Waals surface area contributed by atoms with Crippen LogP contribution < -0.4 is 14.5 Å². The summed E-state index contributed by atoms with van der Waals surface area (Å²) in [6.45, 7) is 11.7. The van der Waals surface area contributed by atoms with Gasteiger partial charge in [-0.3, -0.25) is 9.69 Å². The molecule has 0 N–H and O–H groups in total. The van der Waals surface area contributed by atoms with Crippen molar-refractivity contribution in [1.29, 1.82) is 0 Å². The molecule has 2 aromatic carbocycles. The zero-order chi connectivity index (χ0) is 26.7. The van der Waals surface area contributed by atoms with Gasteiger partial charge in [0.1, 0.15) is 5.75 Å². The van der Waals surface area contributed by atoms with E-state index in [1.807, 2.05) is 17.0 Å². The van der Waals surface area contributed by atoms with Crippen LogP contribution in [-0.4, -0.2) is 53.6 Å². The molecule has 0 bridgehead atoms. The minimum Gasteiger partial charge on any atom is -0.494 e. The van der Waals surface area contributed by atoms with E-state index < -0.39 is 0 Å². The first-order valence-electron chi connectivity index (χ1n) is 13.9. The Morgan fingerprint density at radius 3 is 2.45 bits per heavy atom. The lowest BCUT2D eigenvalue weighted by Crippen LogP contribution is -2.37. The molecule has 0 fully saturated rings. The Labute approximate surface area is 227 Å². The Balaban J connectivity index is 1.62. The Kier molecular flexibility index (Phi) is 10.1. The number of nitrogens with zero attached hydrogens (tertiary/aromatic N) is 5. The van der Waals surface area contributed by atoms with Crippen LogP contribution >= 0.6 is 0 Å². The van der Waals surface area contributed by atoms with Crippen molar-refractivity contribution in [3.8, 4) is 5.75 Å². The number of rotatable bonds is 8. The largest absolute Gasteiger partial charge is 0.494 e. The molecule has 1 aliphatic heterocycles. The van der Waals surface area contributed by atoms with Crippen LogP contribution in [0.1, 0.15) is 51.2 Å². The number of carbonyl (C=O) groups excluding carboxylic acids is 1. The van der Waals surface area contributed by atoms with Gasteiger partial charge in [0, 0.05) is 63.8 Å². The average molecular weight is 516 g/mol. The van der Waals surface area contributed by atoms with Crippen LogP contribution in [0.5, 0.6) is 5.75 Å². The number of hydrogen-bond donors (Lipinski definition) is 0. The third kappa shape index (κ3) is 7.78. The molecule has 1 amide bonds. The van der Waals surface area contributed by atoms with Crippen LogP contribution in [-0.2, 0) is 17.9 Å². The van der Waals surface area contributed by atoms with Gasteiger partial charge in [-0.2, -0.15) is 0 Å². The summed E-state index contributed by atoms with van der Waals surface area (Å²) in [7, 11) is 0. The number of hydrogen-bond acceptors (Lipinski definition) is 6. The second-order valence-electron chi connectivity index (χ2n) is 10.4. The molecule has 4 rings (SSSR count). The monoisotopic (exact) mass is 515 g/mol. The van der Waals surface area contributed by atoms with E-state index in [1.54, 1.807) is 12.4 Å². The van der Waals surface area contributed by atoms with Gasteiger partial charge in [0.05, 0.1) is 6.61 Å². The summed E-state index contributed by atoms with van der Waals surface area (Å²) in [5.74, 6) is 2.14.